The van der Waals surface area contributed by atoms with E-state index < -0.39 is 0 Å². The second-order valence-electron chi connectivity index (χ2n) is 5.40. The second-order valence-corrected chi connectivity index (χ2v) is 5.40. The Morgan fingerprint density at radius 3 is 2.42 bits per heavy atom. The van der Waals surface area contributed by atoms with Crippen LogP contribution in [-0.4, -0.2) is 23.4 Å². The van der Waals surface area contributed by atoms with Gasteiger partial charge in [0.1, 0.15) is 6.17 Å². The van der Waals surface area contributed by atoms with Crippen molar-refractivity contribution >= 4 is 0 Å². The lowest BCUT2D eigenvalue weighted by Crippen LogP contribution is -2.29. The topological polar surface area (TPSA) is 6.48 Å². The van der Waals surface area contributed by atoms with Gasteiger partial charge in [0.15, 0.2) is 0 Å². The van der Waals surface area contributed by atoms with Crippen LogP contribution in [0.3, 0.4) is 0 Å². The van der Waals surface area contributed by atoms with Gasteiger partial charge >= 0.3 is 0 Å². The van der Waals surface area contributed by atoms with Crippen molar-refractivity contribution in [1.82, 2.24) is 9.80 Å². The molecule has 104 valence electrons. The Morgan fingerprint density at radius 1 is 0.947 bits per heavy atom. The van der Waals surface area contributed by atoms with Gasteiger partial charge in [-0.05, 0) is 12.0 Å². The Bertz CT molecular complexity index is 386. The summed E-state index contributed by atoms with van der Waals surface area (Å²) in [5.41, 5.74) is 1.38. The van der Waals surface area contributed by atoms with Gasteiger partial charge in [-0.1, -0.05) is 62.9 Å². The zero-order valence-corrected chi connectivity index (χ0v) is 12.3. The molecule has 1 aromatic rings. The first kappa shape index (κ1) is 14.0. The highest BCUT2D eigenvalue weighted by Gasteiger charge is 2.24. The zero-order chi connectivity index (χ0) is 13.5. The van der Waals surface area contributed by atoms with Crippen LogP contribution in [0.5, 0.6) is 0 Å². The second kappa shape index (κ2) is 7.22. The van der Waals surface area contributed by atoms with Crippen LogP contribution in [0.15, 0.2) is 42.7 Å². The van der Waals surface area contributed by atoms with Crippen LogP contribution < -0.4 is 0 Å². The van der Waals surface area contributed by atoms with Gasteiger partial charge in [0.05, 0.1) is 0 Å². The Hall–Kier alpha value is -1.44. The SMILES string of the molecule is CCCCCCCN1C=CN(C)C1c1ccccc1. The Kier molecular flexibility index (Phi) is 5.31. The van der Waals surface area contributed by atoms with Gasteiger partial charge in [-0.2, -0.15) is 0 Å². The highest BCUT2D eigenvalue weighted by atomic mass is 15.4. The lowest BCUT2D eigenvalue weighted by molar-refractivity contribution is 0.176. The molecule has 1 aliphatic rings. The molecule has 0 N–H and O–H groups in total. The highest BCUT2D eigenvalue weighted by Crippen LogP contribution is 2.29. The van der Waals surface area contributed by atoms with Crippen molar-refractivity contribution in [3.63, 3.8) is 0 Å². The molecule has 1 atom stereocenters. The van der Waals surface area contributed by atoms with Gasteiger partial charge in [-0.25, -0.2) is 0 Å². The number of unbranched alkanes of at least 4 members (excludes halogenated alkanes) is 4. The van der Waals surface area contributed by atoms with Crippen LogP contribution in [0.25, 0.3) is 0 Å². The molecule has 0 amide bonds. The lowest BCUT2D eigenvalue weighted by Gasteiger charge is -2.31. The Balaban J connectivity index is 1.87. The summed E-state index contributed by atoms with van der Waals surface area (Å²) in [5, 5.41) is 0. The van der Waals surface area contributed by atoms with E-state index in [1.54, 1.807) is 0 Å². The van der Waals surface area contributed by atoms with E-state index in [4.69, 9.17) is 0 Å². The normalized spacial score (nSPS) is 18.3. The zero-order valence-electron chi connectivity index (χ0n) is 12.3. The molecule has 0 radical (unpaired) electrons. The van der Waals surface area contributed by atoms with Crippen LogP contribution in [0.2, 0.25) is 0 Å². The molecular weight excluding hydrogens is 232 g/mol. The summed E-state index contributed by atoms with van der Waals surface area (Å²) < 4.78 is 0. The number of hydrogen-bond acceptors (Lipinski definition) is 2. The molecule has 2 nitrogen and oxygen atoms in total. The molecule has 0 saturated carbocycles. The quantitative estimate of drug-likeness (QED) is 0.670. The first-order valence-electron chi connectivity index (χ1n) is 7.54. The maximum Gasteiger partial charge on any atom is 0.127 e. The smallest absolute Gasteiger partial charge is 0.127 e. The third-order valence-electron chi connectivity index (χ3n) is 3.81. The number of nitrogens with zero attached hydrogens (tertiary/aromatic N) is 2. The van der Waals surface area contributed by atoms with Crippen molar-refractivity contribution in [3.05, 3.63) is 48.3 Å². The molecule has 1 aromatic carbocycles. The van der Waals surface area contributed by atoms with Crippen LogP contribution in [0.1, 0.15) is 50.8 Å². The van der Waals surface area contributed by atoms with Gasteiger partial charge < -0.3 is 9.80 Å². The number of rotatable bonds is 7. The van der Waals surface area contributed by atoms with Crippen molar-refractivity contribution in [1.29, 1.82) is 0 Å². The predicted molar refractivity (Wildman–Crippen MR) is 81.6 cm³/mol. The summed E-state index contributed by atoms with van der Waals surface area (Å²) in [5.74, 6) is 0. The molecule has 0 fully saturated rings. The maximum atomic E-state index is 2.46. The fraction of sp³-hybridized carbons (Fsp3) is 0.529. The van der Waals surface area contributed by atoms with Gasteiger partial charge in [0.25, 0.3) is 0 Å². The molecule has 2 rings (SSSR count). The van der Waals surface area contributed by atoms with Crippen molar-refractivity contribution in [2.75, 3.05) is 13.6 Å². The molecule has 0 aliphatic carbocycles. The average Bonchev–Trinajstić information content (AvgIpc) is 2.81. The third-order valence-corrected chi connectivity index (χ3v) is 3.81. The number of benzene rings is 1. The van der Waals surface area contributed by atoms with E-state index in [0.717, 1.165) is 6.54 Å². The average molecular weight is 258 g/mol. The van der Waals surface area contributed by atoms with Gasteiger partial charge in [-0.3, -0.25) is 0 Å². The highest BCUT2D eigenvalue weighted by molar-refractivity contribution is 5.21. The first-order chi connectivity index (χ1) is 9.33. The van der Waals surface area contributed by atoms with E-state index in [-0.39, 0.29) is 0 Å². The maximum absolute atomic E-state index is 2.46. The molecule has 0 bridgehead atoms. The van der Waals surface area contributed by atoms with E-state index in [2.05, 4.69) is 66.5 Å². The minimum absolute atomic E-state index is 0.382. The summed E-state index contributed by atoms with van der Waals surface area (Å²) in [7, 11) is 2.16. The minimum Gasteiger partial charge on any atom is -0.355 e. The van der Waals surface area contributed by atoms with Gasteiger partial charge in [0, 0.05) is 26.0 Å². The van der Waals surface area contributed by atoms with Crippen LogP contribution >= 0.6 is 0 Å². The van der Waals surface area contributed by atoms with Crippen molar-refractivity contribution in [2.24, 2.45) is 0 Å². The first-order valence-corrected chi connectivity index (χ1v) is 7.54. The molecule has 0 saturated heterocycles. The monoisotopic (exact) mass is 258 g/mol. The van der Waals surface area contributed by atoms with E-state index in [1.165, 1.54) is 37.7 Å². The van der Waals surface area contributed by atoms with Crippen LogP contribution in [0.4, 0.5) is 0 Å². The standard InChI is InChI=1S/C17H26N2/c1-3-4-5-6-10-13-19-15-14-18(2)17(19)16-11-8-7-9-12-16/h7-9,11-12,14-15,17H,3-6,10,13H2,1-2H3. The number of hydrogen-bond donors (Lipinski definition) is 0. The molecule has 2 heteroatoms. The molecule has 0 aromatic heterocycles. The molecular formula is C17H26N2. The molecule has 19 heavy (non-hydrogen) atoms. The van der Waals surface area contributed by atoms with Crippen LogP contribution in [0, 0.1) is 0 Å². The summed E-state index contributed by atoms with van der Waals surface area (Å²) >= 11 is 0. The molecule has 1 aliphatic heterocycles. The molecule has 1 heterocycles. The largest absolute Gasteiger partial charge is 0.355 e. The summed E-state index contributed by atoms with van der Waals surface area (Å²) in [6.07, 6.45) is 11.5. The van der Waals surface area contributed by atoms with Gasteiger partial charge in [-0.15, -0.1) is 0 Å². The van der Waals surface area contributed by atoms with E-state index in [9.17, 15) is 0 Å². The van der Waals surface area contributed by atoms with Gasteiger partial charge in [0.2, 0.25) is 0 Å². The van der Waals surface area contributed by atoms with E-state index >= 15 is 0 Å². The third kappa shape index (κ3) is 3.76. The fourth-order valence-electron chi connectivity index (χ4n) is 2.73. The summed E-state index contributed by atoms with van der Waals surface area (Å²) in [4.78, 5) is 4.75. The Morgan fingerprint density at radius 2 is 1.68 bits per heavy atom. The molecule has 1 unspecified atom stereocenters. The van der Waals surface area contributed by atoms with Crippen molar-refractivity contribution in [3.8, 4) is 0 Å². The van der Waals surface area contributed by atoms with Crippen LogP contribution in [-0.2, 0) is 0 Å². The minimum atomic E-state index is 0.382. The van der Waals surface area contributed by atoms with E-state index in [0.29, 0.717) is 6.17 Å². The molecule has 0 spiro atoms. The lowest BCUT2D eigenvalue weighted by atomic mass is 10.1. The predicted octanol–water partition coefficient (Wildman–Crippen LogP) is 4.37. The summed E-state index contributed by atoms with van der Waals surface area (Å²) in [6, 6.07) is 10.8. The summed E-state index contributed by atoms with van der Waals surface area (Å²) in [6.45, 7) is 3.42. The van der Waals surface area contributed by atoms with Crippen molar-refractivity contribution in [2.45, 2.75) is 45.2 Å². The fourth-order valence-corrected chi connectivity index (χ4v) is 2.73. The van der Waals surface area contributed by atoms with E-state index in [1.807, 2.05) is 0 Å². The van der Waals surface area contributed by atoms with Crippen molar-refractivity contribution < 1.29 is 0 Å². The Labute approximate surface area is 117 Å².